The predicted octanol–water partition coefficient (Wildman–Crippen LogP) is 1.19. The average molecular weight is 280 g/mol. The van der Waals surface area contributed by atoms with Crippen LogP contribution in [0.5, 0.6) is 0 Å². The van der Waals surface area contributed by atoms with Crippen molar-refractivity contribution in [1.29, 1.82) is 0 Å². The Morgan fingerprint density at radius 1 is 1.25 bits per heavy atom. The maximum atomic E-state index is 12.0. The topological polar surface area (TPSA) is 76.0 Å². The van der Waals surface area contributed by atoms with E-state index >= 15 is 0 Å². The SMILES string of the molecule is CC1C(CO)OC(O)C(OC(=O)c2ccccc2)C1C. The van der Waals surface area contributed by atoms with Gasteiger partial charge in [-0.3, -0.25) is 0 Å². The van der Waals surface area contributed by atoms with Crippen LogP contribution in [0.3, 0.4) is 0 Å². The summed E-state index contributed by atoms with van der Waals surface area (Å²) in [6.07, 6.45) is -2.39. The standard InChI is InChI=1S/C15H20O5/c1-9-10(2)13(15(18)19-12(9)8-16)20-14(17)11-6-4-3-5-7-11/h3-7,9-10,12-13,15-16,18H,8H2,1-2H3. The number of aliphatic hydroxyl groups is 2. The molecule has 2 rings (SSSR count). The fourth-order valence-corrected chi connectivity index (χ4v) is 2.42. The molecule has 0 saturated carbocycles. The molecule has 5 unspecified atom stereocenters. The van der Waals surface area contributed by atoms with Gasteiger partial charge in [0, 0.05) is 5.92 Å². The van der Waals surface area contributed by atoms with E-state index in [9.17, 15) is 15.0 Å². The second kappa shape index (κ2) is 6.35. The first-order valence-electron chi connectivity index (χ1n) is 6.75. The molecule has 2 N–H and O–H groups in total. The molecular formula is C15H20O5. The van der Waals surface area contributed by atoms with E-state index in [-0.39, 0.29) is 18.4 Å². The van der Waals surface area contributed by atoms with E-state index in [0.717, 1.165) is 0 Å². The molecule has 1 aromatic rings. The third kappa shape index (κ3) is 3.00. The van der Waals surface area contributed by atoms with Crippen molar-refractivity contribution in [2.24, 2.45) is 11.8 Å². The molecule has 0 radical (unpaired) electrons. The lowest BCUT2D eigenvalue weighted by Crippen LogP contribution is -2.52. The fraction of sp³-hybridized carbons (Fsp3) is 0.533. The van der Waals surface area contributed by atoms with Crippen LogP contribution in [0.2, 0.25) is 0 Å². The molecule has 0 aliphatic carbocycles. The van der Waals surface area contributed by atoms with Gasteiger partial charge in [-0.25, -0.2) is 4.79 Å². The lowest BCUT2D eigenvalue weighted by Gasteiger charge is -2.41. The zero-order chi connectivity index (χ0) is 14.7. The van der Waals surface area contributed by atoms with Crippen molar-refractivity contribution < 1.29 is 24.5 Å². The van der Waals surface area contributed by atoms with Gasteiger partial charge < -0.3 is 19.7 Å². The van der Waals surface area contributed by atoms with Crippen molar-refractivity contribution in [3.63, 3.8) is 0 Å². The maximum absolute atomic E-state index is 12.0. The molecule has 1 aliphatic heterocycles. The highest BCUT2D eigenvalue weighted by molar-refractivity contribution is 5.89. The summed E-state index contributed by atoms with van der Waals surface area (Å²) in [5, 5.41) is 19.1. The molecule has 0 aromatic heterocycles. The van der Waals surface area contributed by atoms with Crippen LogP contribution in [0.15, 0.2) is 30.3 Å². The number of esters is 1. The maximum Gasteiger partial charge on any atom is 0.338 e. The summed E-state index contributed by atoms with van der Waals surface area (Å²) in [6, 6.07) is 8.62. The zero-order valence-electron chi connectivity index (χ0n) is 11.6. The number of rotatable bonds is 3. The first-order chi connectivity index (χ1) is 9.54. The van der Waals surface area contributed by atoms with Crippen LogP contribution in [-0.4, -0.2) is 41.3 Å². The van der Waals surface area contributed by atoms with Crippen molar-refractivity contribution in [3.8, 4) is 0 Å². The molecule has 20 heavy (non-hydrogen) atoms. The lowest BCUT2D eigenvalue weighted by molar-refractivity contribution is -0.255. The Morgan fingerprint density at radius 2 is 1.90 bits per heavy atom. The second-order valence-electron chi connectivity index (χ2n) is 5.20. The lowest BCUT2D eigenvalue weighted by atomic mass is 9.83. The summed E-state index contributed by atoms with van der Waals surface area (Å²) in [4.78, 5) is 12.0. The molecule has 1 saturated heterocycles. The summed E-state index contributed by atoms with van der Waals surface area (Å²) in [5.41, 5.74) is 0.434. The van der Waals surface area contributed by atoms with Crippen molar-refractivity contribution in [2.45, 2.75) is 32.3 Å². The van der Waals surface area contributed by atoms with Crippen molar-refractivity contribution in [1.82, 2.24) is 0 Å². The van der Waals surface area contributed by atoms with Crippen molar-refractivity contribution in [2.75, 3.05) is 6.61 Å². The molecule has 110 valence electrons. The Balaban J connectivity index is 2.07. The number of carbonyl (C=O) groups is 1. The Hall–Kier alpha value is -1.43. The molecular weight excluding hydrogens is 260 g/mol. The number of ether oxygens (including phenoxy) is 2. The predicted molar refractivity (Wildman–Crippen MR) is 71.9 cm³/mol. The largest absolute Gasteiger partial charge is 0.453 e. The fourth-order valence-electron chi connectivity index (χ4n) is 2.42. The van der Waals surface area contributed by atoms with Crippen LogP contribution < -0.4 is 0 Å². The van der Waals surface area contributed by atoms with Gasteiger partial charge in [-0.2, -0.15) is 0 Å². The minimum atomic E-state index is -1.22. The van der Waals surface area contributed by atoms with Crippen molar-refractivity contribution in [3.05, 3.63) is 35.9 Å². The zero-order valence-corrected chi connectivity index (χ0v) is 11.6. The van der Waals surface area contributed by atoms with Crippen LogP contribution in [0.1, 0.15) is 24.2 Å². The van der Waals surface area contributed by atoms with Gasteiger partial charge in [-0.15, -0.1) is 0 Å². The summed E-state index contributed by atoms with van der Waals surface area (Å²) >= 11 is 0. The summed E-state index contributed by atoms with van der Waals surface area (Å²) < 4.78 is 10.7. The van der Waals surface area contributed by atoms with Crippen LogP contribution in [0.4, 0.5) is 0 Å². The van der Waals surface area contributed by atoms with Gasteiger partial charge in [0.15, 0.2) is 12.4 Å². The molecule has 0 spiro atoms. The number of hydrogen-bond donors (Lipinski definition) is 2. The van der Waals surface area contributed by atoms with E-state index in [0.29, 0.717) is 5.56 Å². The summed E-state index contributed by atoms with van der Waals surface area (Å²) in [6.45, 7) is 3.62. The normalized spacial score (nSPS) is 33.7. The highest BCUT2D eigenvalue weighted by Crippen LogP contribution is 2.32. The van der Waals surface area contributed by atoms with Crippen LogP contribution in [0, 0.1) is 11.8 Å². The highest BCUT2D eigenvalue weighted by atomic mass is 16.7. The number of carbonyl (C=O) groups excluding carboxylic acids is 1. The van der Waals surface area contributed by atoms with E-state index in [2.05, 4.69) is 0 Å². The third-order valence-electron chi connectivity index (χ3n) is 3.96. The van der Waals surface area contributed by atoms with E-state index < -0.39 is 24.5 Å². The molecule has 1 fully saturated rings. The molecule has 1 aromatic carbocycles. The minimum absolute atomic E-state index is 0.0167. The van der Waals surface area contributed by atoms with Gasteiger partial charge in [-0.05, 0) is 18.1 Å². The van der Waals surface area contributed by atoms with Gasteiger partial charge in [-0.1, -0.05) is 32.0 Å². The van der Waals surface area contributed by atoms with E-state index in [4.69, 9.17) is 9.47 Å². The van der Waals surface area contributed by atoms with Gasteiger partial charge in [0.2, 0.25) is 0 Å². The van der Waals surface area contributed by atoms with E-state index in [1.54, 1.807) is 24.3 Å². The number of hydrogen-bond acceptors (Lipinski definition) is 5. The number of benzene rings is 1. The second-order valence-corrected chi connectivity index (χ2v) is 5.20. The first kappa shape index (κ1) is 15.0. The Morgan fingerprint density at radius 3 is 2.50 bits per heavy atom. The quantitative estimate of drug-likeness (QED) is 0.814. The Kier molecular flexibility index (Phi) is 4.75. The number of aliphatic hydroxyl groups excluding tert-OH is 2. The molecule has 1 heterocycles. The third-order valence-corrected chi connectivity index (χ3v) is 3.96. The summed E-state index contributed by atoms with van der Waals surface area (Å²) in [7, 11) is 0. The Bertz CT molecular complexity index is 447. The molecule has 5 atom stereocenters. The van der Waals surface area contributed by atoms with E-state index in [1.807, 2.05) is 19.9 Å². The smallest absolute Gasteiger partial charge is 0.338 e. The van der Waals surface area contributed by atoms with Gasteiger partial charge in [0.25, 0.3) is 0 Å². The molecule has 0 amide bonds. The van der Waals surface area contributed by atoms with Crippen molar-refractivity contribution >= 4 is 5.97 Å². The molecule has 5 nitrogen and oxygen atoms in total. The van der Waals surface area contributed by atoms with Gasteiger partial charge in [0.05, 0.1) is 18.3 Å². The van der Waals surface area contributed by atoms with Crippen LogP contribution in [0.25, 0.3) is 0 Å². The average Bonchev–Trinajstić information content (AvgIpc) is 2.48. The van der Waals surface area contributed by atoms with E-state index in [1.165, 1.54) is 0 Å². The molecule has 0 bridgehead atoms. The van der Waals surface area contributed by atoms with Crippen LogP contribution >= 0.6 is 0 Å². The van der Waals surface area contributed by atoms with Gasteiger partial charge >= 0.3 is 5.97 Å². The summed E-state index contributed by atoms with van der Waals surface area (Å²) in [5.74, 6) is -0.611. The monoisotopic (exact) mass is 280 g/mol. The first-order valence-corrected chi connectivity index (χ1v) is 6.75. The molecule has 5 heteroatoms. The minimum Gasteiger partial charge on any atom is -0.453 e. The highest BCUT2D eigenvalue weighted by Gasteiger charge is 2.42. The molecule has 1 aliphatic rings. The Labute approximate surface area is 118 Å². The van der Waals surface area contributed by atoms with Crippen LogP contribution in [-0.2, 0) is 9.47 Å². The van der Waals surface area contributed by atoms with Gasteiger partial charge in [0.1, 0.15) is 0 Å².